The van der Waals surface area contributed by atoms with Crippen LogP contribution in [0.4, 0.5) is 0 Å². The summed E-state index contributed by atoms with van der Waals surface area (Å²) < 4.78 is 5.38. The minimum absolute atomic E-state index is 0.0610. The third kappa shape index (κ3) is 3.10. The summed E-state index contributed by atoms with van der Waals surface area (Å²) in [6, 6.07) is 3.64. The van der Waals surface area contributed by atoms with Gasteiger partial charge in [0.1, 0.15) is 11.8 Å². The number of benzene rings is 1. The van der Waals surface area contributed by atoms with Crippen LogP contribution < -0.4 is 15.4 Å². The van der Waals surface area contributed by atoms with Crippen LogP contribution in [-0.2, 0) is 16.1 Å². The van der Waals surface area contributed by atoms with Crippen molar-refractivity contribution in [1.29, 1.82) is 0 Å². The first-order valence-corrected chi connectivity index (χ1v) is 6.72. The van der Waals surface area contributed by atoms with Gasteiger partial charge in [-0.1, -0.05) is 17.7 Å². The van der Waals surface area contributed by atoms with Crippen molar-refractivity contribution in [3.05, 3.63) is 28.8 Å². The molecule has 1 unspecified atom stereocenters. The number of ether oxygens (including phenoxy) is 1. The van der Waals surface area contributed by atoms with Crippen LogP contribution in [0.5, 0.6) is 5.75 Å². The van der Waals surface area contributed by atoms with E-state index in [2.05, 4.69) is 10.6 Å². The van der Waals surface area contributed by atoms with E-state index in [4.69, 9.17) is 4.74 Å². The largest absolute Gasteiger partial charge is 0.496 e. The molecule has 1 aliphatic heterocycles. The maximum atomic E-state index is 12.0. The van der Waals surface area contributed by atoms with Crippen LogP contribution in [-0.4, -0.2) is 25.0 Å². The second kappa shape index (κ2) is 5.94. The molecule has 0 aliphatic carbocycles. The average molecular weight is 276 g/mol. The molecule has 0 radical (unpaired) electrons. The molecule has 1 saturated heterocycles. The van der Waals surface area contributed by atoms with Crippen molar-refractivity contribution in [2.45, 2.75) is 39.3 Å². The number of carbonyl (C=O) groups is 2. The molecule has 1 atom stereocenters. The van der Waals surface area contributed by atoms with E-state index in [1.54, 1.807) is 7.11 Å². The van der Waals surface area contributed by atoms with Crippen LogP contribution in [0.1, 0.15) is 29.5 Å². The molecule has 0 bridgehead atoms. The SMILES string of the molecule is COc1c(C)cc(C)cc1CNC(=O)C1CCC(=O)N1. The zero-order chi connectivity index (χ0) is 14.7. The van der Waals surface area contributed by atoms with Crippen molar-refractivity contribution in [2.24, 2.45) is 0 Å². The Balaban J connectivity index is 2.03. The maximum absolute atomic E-state index is 12.0. The molecule has 5 heteroatoms. The highest BCUT2D eigenvalue weighted by atomic mass is 16.5. The predicted molar refractivity (Wildman–Crippen MR) is 75.5 cm³/mol. The lowest BCUT2D eigenvalue weighted by Gasteiger charge is -2.15. The first-order chi connectivity index (χ1) is 9.51. The van der Waals surface area contributed by atoms with Crippen molar-refractivity contribution in [1.82, 2.24) is 10.6 Å². The van der Waals surface area contributed by atoms with Crippen LogP contribution in [0.2, 0.25) is 0 Å². The van der Waals surface area contributed by atoms with Crippen molar-refractivity contribution in [3.63, 3.8) is 0 Å². The summed E-state index contributed by atoms with van der Waals surface area (Å²) in [7, 11) is 1.63. The molecule has 2 amide bonds. The Bertz CT molecular complexity index is 540. The Labute approximate surface area is 118 Å². The number of carbonyl (C=O) groups excluding carboxylic acids is 2. The first kappa shape index (κ1) is 14.4. The summed E-state index contributed by atoms with van der Waals surface area (Å²) in [5, 5.41) is 5.52. The summed E-state index contributed by atoms with van der Waals surface area (Å²) in [4.78, 5) is 23.1. The molecule has 0 spiro atoms. The molecule has 2 N–H and O–H groups in total. The van der Waals surface area contributed by atoms with Crippen LogP contribution >= 0.6 is 0 Å². The monoisotopic (exact) mass is 276 g/mol. The fourth-order valence-corrected chi connectivity index (χ4v) is 2.58. The average Bonchev–Trinajstić information content (AvgIpc) is 2.82. The van der Waals surface area contributed by atoms with E-state index in [9.17, 15) is 9.59 Å². The van der Waals surface area contributed by atoms with Gasteiger partial charge in [0.15, 0.2) is 0 Å². The topological polar surface area (TPSA) is 67.4 Å². The minimum Gasteiger partial charge on any atom is -0.496 e. The number of aryl methyl sites for hydroxylation is 2. The molecule has 1 aromatic rings. The van der Waals surface area contributed by atoms with Crippen LogP contribution in [0, 0.1) is 13.8 Å². The van der Waals surface area contributed by atoms with Gasteiger partial charge >= 0.3 is 0 Å². The quantitative estimate of drug-likeness (QED) is 0.868. The van der Waals surface area contributed by atoms with Crippen molar-refractivity contribution < 1.29 is 14.3 Å². The molecule has 20 heavy (non-hydrogen) atoms. The zero-order valence-electron chi connectivity index (χ0n) is 12.1. The normalized spacial score (nSPS) is 17.8. The second-order valence-corrected chi connectivity index (χ2v) is 5.15. The summed E-state index contributed by atoms with van der Waals surface area (Å²) >= 11 is 0. The lowest BCUT2D eigenvalue weighted by atomic mass is 10.1. The van der Waals surface area contributed by atoms with Gasteiger partial charge in [0.25, 0.3) is 0 Å². The lowest BCUT2D eigenvalue weighted by molar-refractivity contribution is -0.125. The molecule has 0 saturated carbocycles. The van der Waals surface area contributed by atoms with Gasteiger partial charge in [0.05, 0.1) is 7.11 Å². The molecule has 0 aromatic heterocycles. The third-order valence-corrected chi connectivity index (χ3v) is 3.46. The fourth-order valence-electron chi connectivity index (χ4n) is 2.58. The molecule has 2 rings (SSSR count). The Morgan fingerprint density at radius 3 is 2.80 bits per heavy atom. The standard InChI is InChI=1S/C15H20N2O3/c1-9-6-10(2)14(20-3)11(7-9)8-16-15(19)12-4-5-13(18)17-12/h6-7,12H,4-5,8H2,1-3H3,(H,16,19)(H,17,18). The number of amides is 2. The molecule has 1 aliphatic rings. The molecular weight excluding hydrogens is 256 g/mol. The van der Waals surface area contributed by atoms with Gasteiger partial charge in [-0.3, -0.25) is 9.59 Å². The molecular formula is C15H20N2O3. The molecule has 5 nitrogen and oxygen atoms in total. The molecule has 1 heterocycles. The number of rotatable bonds is 4. The van der Waals surface area contributed by atoms with Crippen molar-refractivity contribution >= 4 is 11.8 Å². The van der Waals surface area contributed by atoms with E-state index in [-0.39, 0.29) is 11.8 Å². The molecule has 1 aromatic carbocycles. The van der Waals surface area contributed by atoms with Crippen molar-refractivity contribution in [2.75, 3.05) is 7.11 Å². The number of nitrogens with one attached hydrogen (secondary N) is 2. The smallest absolute Gasteiger partial charge is 0.242 e. The summed E-state index contributed by atoms with van der Waals surface area (Å²) in [6.07, 6.45) is 0.986. The molecule has 1 fully saturated rings. The van der Waals surface area contributed by atoms with E-state index in [0.717, 1.165) is 22.4 Å². The van der Waals surface area contributed by atoms with E-state index in [1.807, 2.05) is 26.0 Å². The molecule has 108 valence electrons. The van der Waals surface area contributed by atoms with E-state index in [0.29, 0.717) is 19.4 Å². The van der Waals surface area contributed by atoms with Gasteiger partial charge in [-0.2, -0.15) is 0 Å². The zero-order valence-corrected chi connectivity index (χ0v) is 12.1. The first-order valence-electron chi connectivity index (χ1n) is 6.72. The van der Waals surface area contributed by atoms with Gasteiger partial charge in [-0.05, 0) is 25.8 Å². The maximum Gasteiger partial charge on any atom is 0.242 e. The van der Waals surface area contributed by atoms with E-state index < -0.39 is 6.04 Å². The number of hydrogen-bond donors (Lipinski definition) is 2. The Kier molecular flexibility index (Phi) is 4.27. The highest BCUT2D eigenvalue weighted by Gasteiger charge is 2.26. The van der Waals surface area contributed by atoms with Crippen LogP contribution in [0.25, 0.3) is 0 Å². The fraction of sp³-hybridized carbons (Fsp3) is 0.467. The van der Waals surface area contributed by atoms with Gasteiger partial charge in [0, 0.05) is 18.5 Å². The Morgan fingerprint density at radius 2 is 2.20 bits per heavy atom. The van der Waals surface area contributed by atoms with E-state index >= 15 is 0 Å². The lowest BCUT2D eigenvalue weighted by Crippen LogP contribution is -2.41. The van der Waals surface area contributed by atoms with Crippen molar-refractivity contribution in [3.8, 4) is 5.75 Å². The highest BCUT2D eigenvalue weighted by molar-refractivity contribution is 5.90. The summed E-state index contributed by atoms with van der Waals surface area (Å²) in [5.74, 6) is 0.595. The number of hydrogen-bond acceptors (Lipinski definition) is 3. The van der Waals surface area contributed by atoms with E-state index in [1.165, 1.54) is 0 Å². The Hall–Kier alpha value is -2.04. The highest BCUT2D eigenvalue weighted by Crippen LogP contribution is 2.24. The summed E-state index contributed by atoms with van der Waals surface area (Å²) in [5.41, 5.74) is 3.12. The van der Waals surface area contributed by atoms with Gasteiger partial charge in [-0.15, -0.1) is 0 Å². The predicted octanol–water partition coefficient (Wildman–Crippen LogP) is 1.21. The van der Waals surface area contributed by atoms with Gasteiger partial charge < -0.3 is 15.4 Å². The minimum atomic E-state index is -0.403. The third-order valence-electron chi connectivity index (χ3n) is 3.46. The Morgan fingerprint density at radius 1 is 1.45 bits per heavy atom. The van der Waals surface area contributed by atoms with Crippen LogP contribution in [0.15, 0.2) is 12.1 Å². The summed E-state index contributed by atoms with van der Waals surface area (Å²) in [6.45, 7) is 4.39. The van der Waals surface area contributed by atoms with Gasteiger partial charge in [0.2, 0.25) is 11.8 Å². The number of methoxy groups -OCH3 is 1. The van der Waals surface area contributed by atoms with Gasteiger partial charge in [-0.25, -0.2) is 0 Å². The van der Waals surface area contributed by atoms with Crippen LogP contribution in [0.3, 0.4) is 0 Å². The second-order valence-electron chi connectivity index (χ2n) is 5.15.